The molecule has 248 valence electrons. The molecule has 0 saturated heterocycles. The maximum absolute atomic E-state index is 12.6. The van der Waals surface area contributed by atoms with Crippen LogP contribution in [0.5, 0.6) is 11.5 Å². The summed E-state index contributed by atoms with van der Waals surface area (Å²) < 4.78 is 0. The Morgan fingerprint density at radius 3 is 1.13 bits per heavy atom. The topological polar surface area (TPSA) is 70.8 Å². The number of para-hydroxylation sites is 4. The van der Waals surface area contributed by atoms with E-state index >= 15 is 0 Å². The third kappa shape index (κ3) is 12.3. The smallest absolute Gasteiger partial charge is 1.00 e. The van der Waals surface area contributed by atoms with Crippen molar-refractivity contribution in [2.24, 2.45) is 9.98 Å². The van der Waals surface area contributed by atoms with Crippen LogP contribution in [0.2, 0.25) is 0 Å². The number of hydrogen-bond acceptors (Lipinski definition) is 4. The van der Waals surface area contributed by atoms with Crippen LogP contribution in [0.3, 0.4) is 0 Å². The summed E-state index contributed by atoms with van der Waals surface area (Å²) in [6.07, 6.45) is 3.39. The Balaban J connectivity index is 0.000000846. The summed E-state index contributed by atoms with van der Waals surface area (Å²) in [5.41, 5.74) is 6.87. The molecule has 0 radical (unpaired) electrons. The summed E-state index contributed by atoms with van der Waals surface area (Å²) in [5, 5.41) is 25.1. The van der Waals surface area contributed by atoms with E-state index in [4.69, 9.17) is 0 Å². The molecule has 4 aromatic carbocycles. The predicted octanol–water partition coefficient (Wildman–Crippen LogP) is 3.87. The molecule has 0 amide bonds. The van der Waals surface area contributed by atoms with Gasteiger partial charge in [0, 0.05) is 12.4 Å². The minimum absolute atomic E-state index is 0. The van der Waals surface area contributed by atoms with Gasteiger partial charge >= 0.3 is 21.7 Å². The first-order chi connectivity index (χ1) is 20.6. The standard InChI is InChI=1S/2C20H25NO.2ClH.Ti/c2*1-14(2)16-10-6-7-12-18(16)21-13-15-9-8-11-17(19(15)22)20(3,4)5;;;/h2*6-14,22H,1-5H3;2*1H;/q;;;;+4/p-4/b2*21-13+;;;. The van der Waals surface area contributed by atoms with E-state index in [1.165, 1.54) is 11.1 Å². The second-order valence-corrected chi connectivity index (χ2v) is 13.9. The van der Waals surface area contributed by atoms with Gasteiger partial charge in [0.2, 0.25) is 0 Å². The summed E-state index contributed by atoms with van der Waals surface area (Å²) in [5.74, 6) is 0.948. The number of hydrogen-bond donors (Lipinski definition) is 0. The van der Waals surface area contributed by atoms with Crippen molar-refractivity contribution in [3.63, 3.8) is 0 Å². The van der Waals surface area contributed by atoms with Crippen molar-refractivity contribution in [3.8, 4) is 11.5 Å². The first-order valence-corrected chi connectivity index (χ1v) is 15.5. The molecule has 0 bridgehead atoms. The Labute approximate surface area is 310 Å². The Morgan fingerprint density at radius 2 is 0.830 bits per heavy atom. The van der Waals surface area contributed by atoms with Crippen molar-refractivity contribution in [2.45, 2.75) is 91.9 Å². The van der Waals surface area contributed by atoms with Crippen molar-refractivity contribution in [1.82, 2.24) is 0 Å². The molecule has 0 aliphatic heterocycles. The Bertz CT molecular complexity index is 1500. The van der Waals surface area contributed by atoms with Gasteiger partial charge in [-0.15, -0.1) is 0 Å². The van der Waals surface area contributed by atoms with Crippen molar-refractivity contribution >= 4 is 23.8 Å². The predicted molar refractivity (Wildman–Crippen MR) is 185 cm³/mol. The molecule has 0 aliphatic rings. The average Bonchev–Trinajstić information content (AvgIpc) is 2.95. The van der Waals surface area contributed by atoms with Gasteiger partial charge in [0.1, 0.15) is 0 Å². The third-order valence-electron chi connectivity index (χ3n) is 7.51. The monoisotopic (exact) mass is 706 g/mol. The van der Waals surface area contributed by atoms with Crippen molar-refractivity contribution in [3.05, 3.63) is 118 Å². The summed E-state index contributed by atoms with van der Waals surface area (Å²) >= 11 is 0. The summed E-state index contributed by atoms with van der Waals surface area (Å²) in [6, 6.07) is 27.5. The van der Waals surface area contributed by atoms with Gasteiger partial charge in [-0.3, -0.25) is 9.98 Å². The van der Waals surface area contributed by atoms with E-state index in [-0.39, 0.29) is 68.9 Å². The number of rotatable bonds is 6. The SMILES string of the molecule is CC(C)c1ccccc1/N=C/c1cccc(C(C)(C)C)c1[O-].CC(C)c1ccccc1/N=C/c1cccc(C(C)(C)C)c1[O-].[Cl-].[Cl-].[Ti+4]. The zero-order valence-corrected chi connectivity index (χ0v) is 32.4. The fraction of sp³-hybridized carbons (Fsp3) is 0.350. The number of nitrogens with zero attached hydrogens (tertiary/aromatic N) is 2. The Kier molecular flexibility index (Phi) is 18.0. The zero-order valence-electron chi connectivity index (χ0n) is 29.4. The molecule has 0 fully saturated rings. The fourth-order valence-electron chi connectivity index (χ4n) is 4.96. The molecule has 47 heavy (non-hydrogen) atoms. The van der Waals surface area contributed by atoms with E-state index in [1.54, 1.807) is 12.4 Å². The van der Waals surface area contributed by atoms with Crippen LogP contribution < -0.4 is 35.0 Å². The third-order valence-corrected chi connectivity index (χ3v) is 7.51. The molecule has 0 atom stereocenters. The number of benzene rings is 4. The minimum atomic E-state index is -0.156. The van der Waals surface area contributed by atoms with Gasteiger partial charge in [0.05, 0.1) is 11.4 Å². The molecular formula is C40H48Cl2N2O2Ti. The van der Waals surface area contributed by atoms with Crippen LogP contribution in [0, 0.1) is 0 Å². The fourth-order valence-corrected chi connectivity index (χ4v) is 4.96. The summed E-state index contributed by atoms with van der Waals surface area (Å²) in [6.45, 7) is 20.9. The van der Waals surface area contributed by atoms with Crippen LogP contribution >= 0.6 is 0 Å². The molecular weight excluding hydrogens is 659 g/mol. The minimum Gasteiger partial charge on any atom is -1.00 e. The zero-order chi connectivity index (χ0) is 32.7. The van der Waals surface area contributed by atoms with Crippen molar-refractivity contribution < 1.29 is 56.7 Å². The van der Waals surface area contributed by atoms with Gasteiger partial charge in [-0.05, 0) is 68.2 Å². The molecule has 0 N–H and O–H groups in total. The summed E-state index contributed by atoms with van der Waals surface area (Å²) in [7, 11) is 0. The first-order valence-electron chi connectivity index (χ1n) is 15.5. The van der Waals surface area contributed by atoms with Crippen LogP contribution in [-0.4, -0.2) is 12.4 Å². The van der Waals surface area contributed by atoms with Crippen molar-refractivity contribution in [1.29, 1.82) is 0 Å². The quantitative estimate of drug-likeness (QED) is 0.226. The van der Waals surface area contributed by atoms with Crippen LogP contribution in [0.25, 0.3) is 0 Å². The van der Waals surface area contributed by atoms with E-state index in [1.807, 2.05) is 72.8 Å². The second-order valence-electron chi connectivity index (χ2n) is 13.9. The van der Waals surface area contributed by atoms with Gasteiger partial charge in [-0.2, -0.15) is 0 Å². The van der Waals surface area contributed by atoms with E-state index in [2.05, 4.69) is 91.4 Å². The van der Waals surface area contributed by atoms with Gasteiger partial charge in [0.25, 0.3) is 0 Å². The largest absolute Gasteiger partial charge is 4.00 e. The summed E-state index contributed by atoms with van der Waals surface area (Å²) in [4.78, 5) is 9.11. The molecule has 0 spiro atoms. The first kappa shape index (κ1) is 44.1. The van der Waals surface area contributed by atoms with Gasteiger partial charge < -0.3 is 35.0 Å². The van der Waals surface area contributed by atoms with Gasteiger partial charge in [-0.1, -0.05) is 154 Å². The average molecular weight is 708 g/mol. The van der Waals surface area contributed by atoms with Crippen LogP contribution in [-0.2, 0) is 32.5 Å². The van der Waals surface area contributed by atoms with E-state index in [9.17, 15) is 10.2 Å². The molecule has 0 heterocycles. The van der Waals surface area contributed by atoms with Crippen LogP contribution in [0.1, 0.15) is 114 Å². The van der Waals surface area contributed by atoms with E-state index in [0.717, 1.165) is 22.5 Å². The second kappa shape index (κ2) is 19.2. The Morgan fingerprint density at radius 1 is 0.511 bits per heavy atom. The molecule has 0 saturated carbocycles. The van der Waals surface area contributed by atoms with Crippen LogP contribution in [0.4, 0.5) is 11.4 Å². The molecule has 0 aliphatic carbocycles. The molecule has 4 aromatic rings. The maximum atomic E-state index is 12.6. The molecule has 0 unspecified atom stereocenters. The van der Waals surface area contributed by atoms with Crippen LogP contribution in [0.15, 0.2) is 94.9 Å². The van der Waals surface area contributed by atoms with Gasteiger partial charge in [-0.25, -0.2) is 0 Å². The van der Waals surface area contributed by atoms with Crippen molar-refractivity contribution in [2.75, 3.05) is 0 Å². The molecule has 4 nitrogen and oxygen atoms in total. The van der Waals surface area contributed by atoms with Gasteiger partial charge in [0.15, 0.2) is 0 Å². The maximum Gasteiger partial charge on any atom is 4.00 e. The normalized spacial score (nSPS) is 11.5. The van der Waals surface area contributed by atoms with E-state index < -0.39 is 0 Å². The molecule has 7 heteroatoms. The van der Waals surface area contributed by atoms with E-state index in [0.29, 0.717) is 23.0 Å². The number of halogens is 2. The molecule has 4 rings (SSSR count). The molecule has 0 aromatic heterocycles. The number of aliphatic imine (C=N–C) groups is 2. The Hall–Kier alpha value is -2.89.